The van der Waals surface area contributed by atoms with Gasteiger partial charge in [-0.2, -0.15) is 11.8 Å². The molecule has 1 aliphatic heterocycles. The molecule has 1 atom stereocenters. The SMILES string of the molecule is Fc1cccc(F)c1CNC1CCSC1. The van der Waals surface area contributed by atoms with Crippen molar-refractivity contribution in [1.29, 1.82) is 0 Å². The summed E-state index contributed by atoms with van der Waals surface area (Å²) in [5.74, 6) is 1.24. The van der Waals surface area contributed by atoms with Gasteiger partial charge in [-0.1, -0.05) is 6.07 Å². The summed E-state index contributed by atoms with van der Waals surface area (Å²) in [5, 5.41) is 3.18. The van der Waals surface area contributed by atoms with E-state index in [-0.39, 0.29) is 12.1 Å². The van der Waals surface area contributed by atoms with E-state index in [0.717, 1.165) is 17.9 Å². The minimum Gasteiger partial charge on any atom is -0.309 e. The van der Waals surface area contributed by atoms with Crippen LogP contribution in [-0.2, 0) is 6.54 Å². The summed E-state index contributed by atoms with van der Waals surface area (Å²) < 4.78 is 26.5. The molecule has 1 fully saturated rings. The molecule has 1 aliphatic rings. The summed E-state index contributed by atoms with van der Waals surface area (Å²) in [6, 6.07) is 4.38. The van der Waals surface area contributed by atoms with Gasteiger partial charge in [-0.05, 0) is 24.3 Å². The van der Waals surface area contributed by atoms with Gasteiger partial charge in [0.05, 0.1) is 0 Å². The molecule has 1 saturated heterocycles. The first-order chi connectivity index (χ1) is 7.27. The molecule has 2 rings (SSSR count). The number of rotatable bonds is 3. The van der Waals surface area contributed by atoms with E-state index < -0.39 is 11.6 Å². The molecular formula is C11H13F2NS. The number of nitrogens with one attached hydrogen (secondary N) is 1. The van der Waals surface area contributed by atoms with Gasteiger partial charge in [0.25, 0.3) is 0 Å². The Morgan fingerprint density at radius 2 is 2.07 bits per heavy atom. The lowest BCUT2D eigenvalue weighted by Crippen LogP contribution is -2.28. The Bertz CT molecular complexity index is 317. The van der Waals surface area contributed by atoms with Crippen molar-refractivity contribution < 1.29 is 8.78 Å². The standard InChI is InChI=1S/C11H13F2NS/c12-10-2-1-3-11(13)9(10)6-14-8-4-5-15-7-8/h1-3,8,14H,4-7H2. The smallest absolute Gasteiger partial charge is 0.130 e. The molecule has 1 N–H and O–H groups in total. The lowest BCUT2D eigenvalue weighted by molar-refractivity contribution is 0.504. The zero-order chi connectivity index (χ0) is 10.7. The monoisotopic (exact) mass is 229 g/mol. The van der Waals surface area contributed by atoms with Crippen LogP contribution in [-0.4, -0.2) is 17.5 Å². The Morgan fingerprint density at radius 3 is 2.67 bits per heavy atom. The summed E-state index contributed by atoms with van der Waals surface area (Å²) in [5.41, 5.74) is 0.148. The molecule has 82 valence electrons. The van der Waals surface area contributed by atoms with E-state index in [1.165, 1.54) is 18.2 Å². The molecule has 0 aromatic heterocycles. The average Bonchev–Trinajstić information content (AvgIpc) is 2.70. The van der Waals surface area contributed by atoms with Crippen LogP contribution < -0.4 is 5.32 Å². The van der Waals surface area contributed by atoms with Gasteiger partial charge in [-0.25, -0.2) is 8.78 Å². The molecule has 0 radical (unpaired) electrons. The van der Waals surface area contributed by atoms with Gasteiger partial charge in [0.2, 0.25) is 0 Å². The minimum atomic E-state index is -0.465. The van der Waals surface area contributed by atoms with Crippen molar-refractivity contribution in [3.8, 4) is 0 Å². The maximum absolute atomic E-state index is 13.2. The van der Waals surface area contributed by atoms with Crippen molar-refractivity contribution in [3.05, 3.63) is 35.4 Å². The normalized spacial score (nSPS) is 20.8. The van der Waals surface area contributed by atoms with Crippen LogP contribution in [0.3, 0.4) is 0 Å². The molecule has 4 heteroatoms. The van der Waals surface area contributed by atoms with Gasteiger partial charge in [-0.3, -0.25) is 0 Å². The zero-order valence-electron chi connectivity index (χ0n) is 8.30. The zero-order valence-corrected chi connectivity index (χ0v) is 9.12. The van der Waals surface area contributed by atoms with Crippen LogP contribution in [0.15, 0.2) is 18.2 Å². The molecular weight excluding hydrogens is 216 g/mol. The molecule has 15 heavy (non-hydrogen) atoms. The number of benzene rings is 1. The average molecular weight is 229 g/mol. The van der Waals surface area contributed by atoms with Crippen molar-refractivity contribution in [3.63, 3.8) is 0 Å². The van der Waals surface area contributed by atoms with Gasteiger partial charge >= 0.3 is 0 Å². The van der Waals surface area contributed by atoms with Crippen LogP contribution in [0, 0.1) is 11.6 Å². The number of hydrogen-bond acceptors (Lipinski definition) is 2. The molecule has 0 amide bonds. The van der Waals surface area contributed by atoms with Crippen molar-refractivity contribution in [1.82, 2.24) is 5.32 Å². The highest BCUT2D eigenvalue weighted by Gasteiger charge is 2.16. The molecule has 0 bridgehead atoms. The second-order valence-electron chi connectivity index (χ2n) is 3.64. The number of halogens is 2. The van der Waals surface area contributed by atoms with Crippen molar-refractivity contribution >= 4 is 11.8 Å². The van der Waals surface area contributed by atoms with Gasteiger partial charge in [-0.15, -0.1) is 0 Å². The van der Waals surface area contributed by atoms with Crippen LogP contribution >= 0.6 is 11.8 Å². The minimum absolute atomic E-state index is 0.148. The Morgan fingerprint density at radius 1 is 1.33 bits per heavy atom. The van der Waals surface area contributed by atoms with E-state index in [9.17, 15) is 8.78 Å². The van der Waals surface area contributed by atoms with Crippen molar-refractivity contribution in [2.75, 3.05) is 11.5 Å². The largest absolute Gasteiger partial charge is 0.309 e. The van der Waals surface area contributed by atoms with E-state index in [1.54, 1.807) is 0 Å². The Balaban J connectivity index is 1.97. The van der Waals surface area contributed by atoms with E-state index in [1.807, 2.05) is 11.8 Å². The first-order valence-electron chi connectivity index (χ1n) is 5.01. The molecule has 0 saturated carbocycles. The highest BCUT2D eigenvalue weighted by Crippen LogP contribution is 2.18. The maximum Gasteiger partial charge on any atom is 0.130 e. The fourth-order valence-electron chi connectivity index (χ4n) is 1.64. The van der Waals surface area contributed by atoms with E-state index in [4.69, 9.17) is 0 Å². The number of thioether (sulfide) groups is 1. The van der Waals surface area contributed by atoms with Crippen LogP contribution in [0.4, 0.5) is 8.78 Å². The lowest BCUT2D eigenvalue weighted by Gasteiger charge is -2.11. The summed E-state index contributed by atoms with van der Waals surface area (Å²) in [4.78, 5) is 0. The number of hydrogen-bond donors (Lipinski definition) is 1. The first kappa shape index (κ1) is 10.9. The van der Waals surface area contributed by atoms with Crippen molar-refractivity contribution in [2.45, 2.75) is 19.0 Å². The summed E-state index contributed by atoms with van der Waals surface area (Å²) >= 11 is 1.88. The van der Waals surface area contributed by atoms with Crippen LogP contribution in [0.1, 0.15) is 12.0 Å². The van der Waals surface area contributed by atoms with E-state index in [2.05, 4.69) is 5.32 Å². The van der Waals surface area contributed by atoms with E-state index >= 15 is 0 Å². The summed E-state index contributed by atoms with van der Waals surface area (Å²) in [7, 11) is 0. The van der Waals surface area contributed by atoms with Crippen LogP contribution in [0.5, 0.6) is 0 Å². The molecule has 0 spiro atoms. The predicted octanol–water partition coefficient (Wildman–Crippen LogP) is 2.56. The highest BCUT2D eigenvalue weighted by molar-refractivity contribution is 7.99. The Hall–Kier alpha value is -0.610. The van der Waals surface area contributed by atoms with Crippen LogP contribution in [0.2, 0.25) is 0 Å². The maximum atomic E-state index is 13.2. The quantitative estimate of drug-likeness (QED) is 0.855. The second-order valence-corrected chi connectivity index (χ2v) is 4.79. The molecule has 1 heterocycles. The third-order valence-corrected chi connectivity index (χ3v) is 3.72. The van der Waals surface area contributed by atoms with E-state index in [0.29, 0.717) is 6.04 Å². The predicted molar refractivity (Wildman–Crippen MR) is 58.9 cm³/mol. The van der Waals surface area contributed by atoms with Gasteiger partial charge in [0.1, 0.15) is 11.6 Å². The molecule has 1 nitrogen and oxygen atoms in total. The third kappa shape index (κ3) is 2.69. The van der Waals surface area contributed by atoms with Gasteiger partial charge < -0.3 is 5.32 Å². The highest BCUT2D eigenvalue weighted by atomic mass is 32.2. The molecule has 1 unspecified atom stereocenters. The summed E-state index contributed by atoms with van der Waals surface area (Å²) in [6.45, 7) is 0.281. The van der Waals surface area contributed by atoms with Gasteiger partial charge in [0, 0.05) is 23.9 Å². The second kappa shape index (κ2) is 4.94. The Labute approximate surface area is 92.3 Å². The van der Waals surface area contributed by atoms with Crippen molar-refractivity contribution in [2.24, 2.45) is 0 Å². The molecule has 1 aromatic rings. The Kier molecular flexibility index (Phi) is 3.59. The van der Waals surface area contributed by atoms with Crippen LogP contribution in [0.25, 0.3) is 0 Å². The van der Waals surface area contributed by atoms with Gasteiger partial charge in [0.15, 0.2) is 0 Å². The lowest BCUT2D eigenvalue weighted by atomic mass is 10.1. The topological polar surface area (TPSA) is 12.0 Å². The third-order valence-electron chi connectivity index (χ3n) is 2.56. The first-order valence-corrected chi connectivity index (χ1v) is 6.17. The fraction of sp³-hybridized carbons (Fsp3) is 0.455. The molecule has 1 aromatic carbocycles. The summed E-state index contributed by atoms with van der Waals surface area (Å²) in [6.07, 6.45) is 1.08. The fourth-order valence-corrected chi connectivity index (χ4v) is 2.83. The molecule has 0 aliphatic carbocycles.